The number of halogens is 2. The third kappa shape index (κ3) is 10.9. The molecule has 0 aromatic heterocycles. The molecule has 0 bridgehead atoms. The molecule has 0 nitrogen and oxygen atoms in total. The van der Waals surface area contributed by atoms with E-state index < -0.39 is 24.2 Å². The van der Waals surface area contributed by atoms with Crippen molar-refractivity contribution in [3.05, 3.63) is 148 Å². The molecule has 252 valence electrons. The molecule has 5 aromatic rings. The minimum absolute atomic E-state index is 0. The molecule has 0 fully saturated rings. The van der Waals surface area contributed by atoms with Crippen molar-refractivity contribution in [2.75, 3.05) is 0 Å². The molecule has 0 heterocycles. The van der Waals surface area contributed by atoms with Gasteiger partial charge in [-0.1, -0.05) is 94.3 Å². The van der Waals surface area contributed by atoms with Gasteiger partial charge in [0.1, 0.15) is 0 Å². The van der Waals surface area contributed by atoms with Gasteiger partial charge in [0.25, 0.3) is 0 Å². The predicted octanol–water partition coefficient (Wildman–Crippen LogP) is 6.26. The second-order valence-corrected chi connectivity index (χ2v) is 32.5. The first-order chi connectivity index (χ1) is 21.5. The zero-order chi connectivity index (χ0) is 33.9. The number of fused-ring (bicyclic) bond motifs is 3. The number of hydrogen-bond donors (Lipinski definition) is 0. The van der Waals surface area contributed by atoms with E-state index in [-0.39, 0.29) is 24.8 Å². The molecular formula is C42H52Cl2Si3Zr-2. The Kier molecular flexibility index (Phi) is 15.4. The van der Waals surface area contributed by atoms with Gasteiger partial charge >= 0.3 is 99.2 Å². The Hall–Kier alpha value is -1.79. The van der Waals surface area contributed by atoms with Gasteiger partial charge in [0.15, 0.2) is 0 Å². The molecular weight excluding hydrogens is 751 g/mol. The van der Waals surface area contributed by atoms with Crippen LogP contribution in [0, 0.1) is 19.9 Å². The Morgan fingerprint density at radius 3 is 1.38 bits per heavy atom. The van der Waals surface area contributed by atoms with Gasteiger partial charge in [0, 0.05) is 8.07 Å². The minimum atomic E-state index is -1.21. The van der Waals surface area contributed by atoms with E-state index in [2.05, 4.69) is 188 Å². The second-order valence-electron chi connectivity index (χ2n) is 15.9. The summed E-state index contributed by atoms with van der Waals surface area (Å²) in [4.78, 5) is 0. The number of allylic oxidation sites excluding steroid dienone is 4. The molecule has 0 saturated carbocycles. The maximum atomic E-state index is 3.74. The maximum absolute atomic E-state index is 3.74. The van der Waals surface area contributed by atoms with Crippen LogP contribution in [0.3, 0.4) is 0 Å². The first-order valence-electron chi connectivity index (χ1n) is 16.6. The molecule has 0 radical (unpaired) electrons. The van der Waals surface area contributed by atoms with Gasteiger partial charge in [-0.2, -0.15) is 5.20 Å². The fraction of sp³-hybridized carbons (Fsp3) is 0.286. The standard InChI is InChI=1S/C15H13.C14H29Si3.C13H10.2ClH.Zr/c1-10-3-5-14-12(7-10)9-13-8-11(2)4-6-15(13)14;1-15(2,3)12-10-11-13(16(4,5)6)14(12)17(7,8)9;1-3-7-12(8-4-1)11-13-9-5-2-6-10-13;;;/h3-9H,1-2H3;10,13H,1-9H3;1-10H;2*1H;/q2*-1;;;;+2/p-2. The molecule has 0 spiro atoms. The molecule has 6 rings (SSSR count). The zero-order valence-electron chi connectivity index (χ0n) is 30.7. The summed E-state index contributed by atoms with van der Waals surface area (Å²) in [5.74, 6) is 0. The summed E-state index contributed by atoms with van der Waals surface area (Å²) in [6.07, 6.45) is 6.12. The van der Waals surface area contributed by atoms with Crippen LogP contribution < -0.4 is 24.8 Å². The topological polar surface area (TPSA) is 0 Å². The van der Waals surface area contributed by atoms with Crippen LogP contribution in [-0.2, 0) is 24.2 Å². The van der Waals surface area contributed by atoms with Gasteiger partial charge < -0.3 is 24.8 Å². The third-order valence-electron chi connectivity index (χ3n) is 8.60. The zero-order valence-corrected chi connectivity index (χ0v) is 37.7. The third-order valence-corrected chi connectivity index (χ3v) is 16.9. The number of aryl methyl sites for hydroxylation is 2. The van der Waals surface area contributed by atoms with E-state index in [0.29, 0.717) is 5.54 Å². The summed E-state index contributed by atoms with van der Waals surface area (Å²) < 4.78 is 1.42. The normalized spacial score (nSPS) is 14.4. The van der Waals surface area contributed by atoms with Crippen LogP contribution >= 0.6 is 0 Å². The van der Waals surface area contributed by atoms with Crippen molar-refractivity contribution in [2.45, 2.75) is 78.3 Å². The Bertz CT molecular complexity index is 1770. The quantitative estimate of drug-likeness (QED) is 0.146. The average molecular weight is 803 g/mol. The van der Waals surface area contributed by atoms with Gasteiger partial charge in [-0.15, -0.1) is 45.3 Å². The summed E-state index contributed by atoms with van der Waals surface area (Å²) in [7, 11) is -3.57. The SMILES string of the molecule is C[Si](C)(C)C1=C([Si](C)(C)C)C([Si](C)(C)C)[C-]=C1.Cc1ccc2c(c1)[cH-]c1cc(C)ccc12.[Cl-].[Cl-].[Zr+2]=[C](c1ccccc1)c1ccccc1. The van der Waals surface area contributed by atoms with Crippen LogP contribution in [0.15, 0.2) is 120 Å². The summed E-state index contributed by atoms with van der Waals surface area (Å²) in [6, 6.07) is 36.7. The van der Waals surface area contributed by atoms with E-state index in [1.165, 1.54) is 71.2 Å². The first-order valence-corrected chi connectivity index (χ1v) is 28.4. The van der Waals surface area contributed by atoms with Crippen molar-refractivity contribution in [3.63, 3.8) is 0 Å². The predicted molar refractivity (Wildman–Crippen MR) is 211 cm³/mol. The van der Waals surface area contributed by atoms with Crippen molar-refractivity contribution in [2.24, 2.45) is 0 Å². The van der Waals surface area contributed by atoms with Crippen LogP contribution in [0.1, 0.15) is 22.3 Å². The molecule has 1 aliphatic carbocycles. The van der Waals surface area contributed by atoms with E-state index in [1.54, 1.807) is 5.20 Å². The summed E-state index contributed by atoms with van der Waals surface area (Å²) in [6.45, 7) is 26.7. The van der Waals surface area contributed by atoms with Crippen LogP contribution in [-0.4, -0.2) is 27.4 Å². The fourth-order valence-corrected chi connectivity index (χ4v) is 17.0. The Labute approximate surface area is 321 Å². The van der Waals surface area contributed by atoms with E-state index in [9.17, 15) is 0 Å². The first kappa shape index (κ1) is 42.4. The molecule has 1 atom stereocenters. The van der Waals surface area contributed by atoms with Crippen LogP contribution in [0.4, 0.5) is 0 Å². The van der Waals surface area contributed by atoms with Crippen molar-refractivity contribution >= 4 is 49.0 Å². The molecule has 1 aliphatic rings. The average Bonchev–Trinajstić information content (AvgIpc) is 3.61. The Balaban J connectivity index is 0.000000246. The van der Waals surface area contributed by atoms with E-state index in [1.807, 2.05) is 5.20 Å². The molecule has 5 aromatic carbocycles. The van der Waals surface area contributed by atoms with Gasteiger partial charge in [0.05, 0.1) is 8.07 Å². The summed E-state index contributed by atoms with van der Waals surface area (Å²) in [5, 5.41) is 9.03. The van der Waals surface area contributed by atoms with Gasteiger partial charge in [-0.05, 0) is 21.9 Å². The summed E-state index contributed by atoms with van der Waals surface area (Å²) >= 11 is 1.46. The number of rotatable bonds is 5. The van der Waals surface area contributed by atoms with Crippen molar-refractivity contribution in [1.82, 2.24) is 0 Å². The van der Waals surface area contributed by atoms with Gasteiger partial charge in [-0.3, -0.25) is 6.08 Å². The van der Waals surface area contributed by atoms with Crippen LogP contribution in [0.5, 0.6) is 0 Å². The molecule has 0 N–H and O–H groups in total. The molecule has 0 saturated heterocycles. The Morgan fingerprint density at radius 1 is 0.604 bits per heavy atom. The molecule has 1 unspecified atom stereocenters. The summed E-state index contributed by atoms with van der Waals surface area (Å²) in [5.41, 5.74) is 6.01. The fourth-order valence-electron chi connectivity index (χ4n) is 6.26. The monoisotopic (exact) mass is 800 g/mol. The molecule has 0 aliphatic heterocycles. The van der Waals surface area contributed by atoms with E-state index >= 15 is 0 Å². The molecule has 6 heteroatoms. The van der Waals surface area contributed by atoms with Gasteiger partial charge in [0.2, 0.25) is 0 Å². The van der Waals surface area contributed by atoms with Crippen molar-refractivity contribution in [3.8, 4) is 0 Å². The van der Waals surface area contributed by atoms with Crippen LogP contribution in [0.25, 0.3) is 21.5 Å². The second kappa shape index (κ2) is 17.4. The Morgan fingerprint density at radius 2 is 1.02 bits per heavy atom. The number of hydrogen-bond acceptors (Lipinski definition) is 0. The molecule has 0 amide bonds. The van der Waals surface area contributed by atoms with Crippen molar-refractivity contribution < 1.29 is 49.0 Å². The van der Waals surface area contributed by atoms with Crippen LogP contribution in [0.2, 0.25) is 64.5 Å². The van der Waals surface area contributed by atoms with E-state index in [4.69, 9.17) is 0 Å². The van der Waals surface area contributed by atoms with E-state index in [0.717, 1.165) is 0 Å². The molecule has 48 heavy (non-hydrogen) atoms. The van der Waals surface area contributed by atoms with Crippen molar-refractivity contribution in [1.29, 1.82) is 0 Å². The van der Waals surface area contributed by atoms with Gasteiger partial charge in [-0.25, -0.2) is 11.3 Å². The number of benzene rings is 4.